The Kier molecular flexibility index (Phi) is 4.91. The number of carboxylic acids is 1. The minimum atomic E-state index is -4.57. The number of nitrogens with one attached hydrogen (secondary N) is 1. The van der Waals surface area contributed by atoms with Gasteiger partial charge in [0.25, 0.3) is 0 Å². The van der Waals surface area contributed by atoms with Crippen molar-refractivity contribution in [2.24, 2.45) is 0 Å². The van der Waals surface area contributed by atoms with Crippen LogP contribution in [0.3, 0.4) is 0 Å². The van der Waals surface area contributed by atoms with E-state index < -0.39 is 36.9 Å². The molecular formula is C12H12F3NO3. The molecule has 1 unspecified atom stereocenters. The summed E-state index contributed by atoms with van der Waals surface area (Å²) in [4.78, 5) is 21.5. The zero-order chi connectivity index (χ0) is 14.5. The van der Waals surface area contributed by atoms with Crippen LogP contribution in [0.25, 0.3) is 0 Å². The fraction of sp³-hybridized carbons (Fsp3) is 0.333. The zero-order valence-corrected chi connectivity index (χ0v) is 9.78. The molecule has 104 valence electrons. The Morgan fingerprint density at radius 3 is 2.26 bits per heavy atom. The summed E-state index contributed by atoms with van der Waals surface area (Å²) in [6.45, 7) is -0.696. The van der Waals surface area contributed by atoms with Crippen molar-refractivity contribution in [1.29, 1.82) is 0 Å². The van der Waals surface area contributed by atoms with E-state index in [1.807, 2.05) is 5.32 Å². The molecule has 0 saturated carbocycles. The zero-order valence-electron chi connectivity index (χ0n) is 9.78. The van der Waals surface area contributed by atoms with Gasteiger partial charge in [-0.1, -0.05) is 30.3 Å². The van der Waals surface area contributed by atoms with Gasteiger partial charge >= 0.3 is 12.1 Å². The maximum atomic E-state index is 12.9. The minimum Gasteiger partial charge on any atom is -0.480 e. The summed E-state index contributed by atoms with van der Waals surface area (Å²) in [5, 5.41) is 10.3. The van der Waals surface area contributed by atoms with E-state index in [1.165, 1.54) is 24.3 Å². The fourth-order valence-corrected chi connectivity index (χ4v) is 1.54. The molecule has 1 aromatic rings. The Balaban J connectivity index is 2.77. The van der Waals surface area contributed by atoms with E-state index in [0.717, 1.165) is 0 Å². The van der Waals surface area contributed by atoms with Gasteiger partial charge in [-0.05, 0) is 5.56 Å². The number of carbonyl (C=O) groups excluding carboxylic acids is 1. The monoisotopic (exact) mass is 275 g/mol. The van der Waals surface area contributed by atoms with Gasteiger partial charge in [0.2, 0.25) is 5.91 Å². The van der Waals surface area contributed by atoms with Crippen molar-refractivity contribution in [2.45, 2.75) is 18.5 Å². The number of hydrogen-bond donors (Lipinski definition) is 2. The van der Waals surface area contributed by atoms with Crippen molar-refractivity contribution >= 4 is 11.9 Å². The number of halogens is 3. The van der Waals surface area contributed by atoms with Gasteiger partial charge in [-0.2, -0.15) is 13.2 Å². The number of carbonyl (C=O) groups is 2. The highest BCUT2D eigenvalue weighted by Crippen LogP contribution is 2.37. The van der Waals surface area contributed by atoms with Gasteiger partial charge in [0, 0.05) is 6.42 Å². The Bertz CT molecular complexity index is 445. The lowest BCUT2D eigenvalue weighted by Gasteiger charge is -2.20. The lowest BCUT2D eigenvalue weighted by Crippen LogP contribution is -2.33. The predicted molar refractivity (Wildman–Crippen MR) is 60.5 cm³/mol. The second-order valence-corrected chi connectivity index (χ2v) is 3.88. The Morgan fingerprint density at radius 2 is 1.79 bits per heavy atom. The molecule has 1 atom stereocenters. The molecule has 0 fully saturated rings. The number of hydrogen-bond acceptors (Lipinski definition) is 2. The van der Waals surface area contributed by atoms with Gasteiger partial charge in [-0.15, -0.1) is 0 Å². The Hall–Kier alpha value is -2.05. The van der Waals surface area contributed by atoms with Crippen molar-refractivity contribution in [3.63, 3.8) is 0 Å². The summed E-state index contributed by atoms with van der Waals surface area (Å²) in [5.74, 6) is -4.20. The number of carboxylic acid groups (broad SMARTS) is 1. The number of rotatable bonds is 5. The Morgan fingerprint density at radius 1 is 1.21 bits per heavy atom. The van der Waals surface area contributed by atoms with Gasteiger partial charge in [-0.25, -0.2) is 0 Å². The van der Waals surface area contributed by atoms with E-state index in [2.05, 4.69) is 0 Å². The summed E-state index contributed by atoms with van der Waals surface area (Å²) in [7, 11) is 0. The lowest BCUT2D eigenvalue weighted by atomic mass is 9.95. The molecule has 0 aliphatic carbocycles. The number of aliphatic carboxylic acids is 1. The summed E-state index contributed by atoms with van der Waals surface area (Å²) in [6.07, 6.45) is -5.40. The van der Waals surface area contributed by atoms with Crippen LogP contribution in [0.15, 0.2) is 30.3 Å². The third kappa shape index (κ3) is 4.99. The van der Waals surface area contributed by atoms with Gasteiger partial charge in [0.1, 0.15) is 6.54 Å². The predicted octanol–water partition coefficient (Wildman–Crippen LogP) is 1.92. The van der Waals surface area contributed by atoms with E-state index in [0.29, 0.717) is 0 Å². The van der Waals surface area contributed by atoms with Crippen molar-refractivity contribution in [3.8, 4) is 0 Å². The van der Waals surface area contributed by atoms with Crippen LogP contribution in [0.1, 0.15) is 17.9 Å². The van der Waals surface area contributed by atoms with Gasteiger partial charge in [0.05, 0.1) is 5.92 Å². The van der Waals surface area contributed by atoms with E-state index in [1.54, 1.807) is 6.07 Å². The molecular weight excluding hydrogens is 263 g/mol. The van der Waals surface area contributed by atoms with Crippen LogP contribution in [0, 0.1) is 0 Å². The van der Waals surface area contributed by atoms with Crippen LogP contribution in [-0.2, 0) is 9.59 Å². The van der Waals surface area contributed by atoms with Gasteiger partial charge in [-0.3, -0.25) is 9.59 Å². The highest BCUT2D eigenvalue weighted by Gasteiger charge is 2.41. The topological polar surface area (TPSA) is 66.4 Å². The molecule has 1 rings (SSSR count). The van der Waals surface area contributed by atoms with E-state index in [4.69, 9.17) is 5.11 Å². The van der Waals surface area contributed by atoms with Crippen molar-refractivity contribution < 1.29 is 27.9 Å². The first-order chi connectivity index (χ1) is 8.80. The molecule has 0 aliphatic rings. The first kappa shape index (κ1) is 15.0. The molecule has 0 spiro atoms. The smallest absolute Gasteiger partial charge is 0.396 e. The summed E-state index contributed by atoms with van der Waals surface area (Å²) < 4.78 is 38.6. The van der Waals surface area contributed by atoms with Crippen molar-refractivity contribution in [1.82, 2.24) is 5.32 Å². The van der Waals surface area contributed by atoms with E-state index in [-0.39, 0.29) is 5.56 Å². The minimum absolute atomic E-state index is 0.0273. The van der Waals surface area contributed by atoms with Crippen molar-refractivity contribution in [2.75, 3.05) is 6.54 Å². The van der Waals surface area contributed by atoms with Crippen LogP contribution in [0.2, 0.25) is 0 Å². The van der Waals surface area contributed by atoms with Crippen LogP contribution in [0.4, 0.5) is 13.2 Å². The Labute approximate surface area is 107 Å². The van der Waals surface area contributed by atoms with Crippen molar-refractivity contribution in [3.05, 3.63) is 35.9 Å². The highest BCUT2D eigenvalue weighted by molar-refractivity contribution is 5.81. The summed E-state index contributed by atoms with van der Waals surface area (Å²) in [5.41, 5.74) is -0.0273. The fourth-order valence-electron chi connectivity index (χ4n) is 1.54. The molecule has 1 aromatic carbocycles. The van der Waals surface area contributed by atoms with Gasteiger partial charge in [0.15, 0.2) is 0 Å². The van der Waals surface area contributed by atoms with E-state index in [9.17, 15) is 22.8 Å². The summed E-state index contributed by atoms with van der Waals surface area (Å²) >= 11 is 0. The third-order valence-electron chi connectivity index (χ3n) is 2.42. The normalized spacial score (nSPS) is 12.8. The maximum absolute atomic E-state index is 12.9. The average Bonchev–Trinajstić information content (AvgIpc) is 2.33. The standard InChI is InChI=1S/C12H12F3NO3/c13-12(14,15)9(8-4-2-1-3-5-8)6-10(17)16-7-11(18)19/h1-5,9H,6-7H2,(H,16,17)(H,18,19). The third-order valence-corrected chi connectivity index (χ3v) is 2.42. The lowest BCUT2D eigenvalue weighted by molar-refractivity contribution is -0.157. The quantitative estimate of drug-likeness (QED) is 0.862. The maximum Gasteiger partial charge on any atom is 0.396 e. The van der Waals surface area contributed by atoms with Crippen LogP contribution >= 0.6 is 0 Å². The average molecular weight is 275 g/mol. The van der Waals surface area contributed by atoms with Crippen LogP contribution in [0.5, 0.6) is 0 Å². The first-order valence-corrected chi connectivity index (χ1v) is 5.41. The van der Waals surface area contributed by atoms with E-state index >= 15 is 0 Å². The molecule has 19 heavy (non-hydrogen) atoms. The molecule has 0 aromatic heterocycles. The van der Waals surface area contributed by atoms with Crippen LogP contribution in [-0.4, -0.2) is 29.7 Å². The molecule has 2 N–H and O–H groups in total. The number of amides is 1. The summed E-state index contributed by atoms with van der Waals surface area (Å²) in [6, 6.07) is 7.03. The first-order valence-electron chi connectivity index (χ1n) is 5.41. The molecule has 4 nitrogen and oxygen atoms in total. The SMILES string of the molecule is O=C(O)CNC(=O)CC(c1ccccc1)C(F)(F)F. The highest BCUT2D eigenvalue weighted by atomic mass is 19.4. The number of benzene rings is 1. The van der Waals surface area contributed by atoms with Crippen LogP contribution < -0.4 is 5.32 Å². The second-order valence-electron chi connectivity index (χ2n) is 3.88. The molecule has 0 radical (unpaired) electrons. The molecule has 0 bridgehead atoms. The van der Waals surface area contributed by atoms with Gasteiger partial charge < -0.3 is 10.4 Å². The largest absolute Gasteiger partial charge is 0.480 e. The molecule has 0 heterocycles. The molecule has 7 heteroatoms. The number of alkyl halides is 3. The molecule has 0 aliphatic heterocycles. The molecule has 1 amide bonds. The second kappa shape index (κ2) is 6.21. The molecule has 0 saturated heterocycles.